The minimum absolute atomic E-state index is 0.0111. The number of rotatable bonds is 0. The van der Waals surface area contributed by atoms with Crippen molar-refractivity contribution in [2.24, 2.45) is 0 Å². The highest BCUT2D eigenvalue weighted by Gasteiger charge is 2.35. The quantitative estimate of drug-likeness (QED) is 0.450. The second-order valence-corrected chi connectivity index (χ2v) is 2.17. The average Bonchev–Trinajstić information content (AvgIpc) is 1.92. The summed E-state index contributed by atoms with van der Waals surface area (Å²) >= 11 is 0. The zero-order valence-electron chi connectivity index (χ0n) is 5.98. The van der Waals surface area contributed by atoms with E-state index in [2.05, 4.69) is 9.97 Å². The van der Waals surface area contributed by atoms with Crippen LogP contribution in [0.15, 0.2) is 6.20 Å². The van der Waals surface area contributed by atoms with E-state index < -0.39 is 17.9 Å². The first-order chi connectivity index (χ1) is 5.41. The lowest BCUT2D eigenvalue weighted by atomic mass is 10.4. The number of alkyl halides is 3. The molecule has 0 amide bonds. The minimum atomic E-state index is -4.69. The number of hydrogen-bond acceptors (Lipinski definition) is 2. The van der Waals surface area contributed by atoms with Gasteiger partial charge in [-0.2, -0.15) is 22.5 Å². The zero-order chi connectivity index (χ0) is 9.35. The predicted molar refractivity (Wildman–Crippen MR) is 31.7 cm³/mol. The SMILES string of the molecule is Cc1cnc(C(F)(F)F)nc1F. The number of aromatic nitrogens is 2. The van der Waals surface area contributed by atoms with E-state index in [0.717, 1.165) is 6.20 Å². The van der Waals surface area contributed by atoms with Gasteiger partial charge in [0.25, 0.3) is 0 Å². The summed E-state index contributed by atoms with van der Waals surface area (Å²) in [6.07, 6.45) is -3.89. The van der Waals surface area contributed by atoms with Crippen molar-refractivity contribution in [2.45, 2.75) is 13.1 Å². The van der Waals surface area contributed by atoms with Crippen LogP contribution < -0.4 is 0 Å². The standard InChI is InChI=1S/C6H4F4N2/c1-3-2-11-5(6(8,9)10)12-4(3)7/h2H,1H3. The Bertz CT molecular complexity index is 294. The van der Waals surface area contributed by atoms with Crippen molar-refractivity contribution in [3.8, 4) is 0 Å². The summed E-state index contributed by atoms with van der Waals surface area (Å²) in [6, 6.07) is 0. The highest BCUT2D eigenvalue weighted by atomic mass is 19.4. The molecule has 1 aromatic heterocycles. The third-order valence-corrected chi connectivity index (χ3v) is 1.16. The van der Waals surface area contributed by atoms with Crippen LogP contribution in [0.4, 0.5) is 17.6 Å². The Balaban J connectivity index is 3.14. The van der Waals surface area contributed by atoms with Gasteiger partial charge in [0.15, 0.2) is 0 Å². The van der Waals surface area contributed by atoms with Gasteiger partial charge in [-0.25, -0.2) is 4.98 Å². The summed E-state index contributed by atoms with van der Waals surface area (Å²) in [5, 5.41) is 0. The molecule has 0 aliphatic heterocycles. The van der Waals surface area contributed by atoms with Crippen molar-refractivity contribution in [3.63, 3.8) is 0 Å². The van der Waals surface area contributed by atoms with E-state index in [0.29, 0.717) is 0 Å². The Labute approximate surface area is 65.3 Å². The predicted octanol–water partition coefficient (Wildman–Crippen LogP) is 1.94. The number of hydrogen-bond donors (Lipinski definition) is 0. The average molecular weight is 180 g/mol. The van der Waals surface area contributed by atoms with Crippen molar-refractivity contribution in [1.82, 2.24) is 9.97 Å². The van der Waals surface area contributed by atoms with Gasteiger partial charge in [0.1, 0.15) is 0 Å². The maximum absolute atomic E-state index is 12.5. The van der Waals surface area contributed by atoms with Crippen LogP contribution in [0.5, 0.6) is 0 Å². The van der Waals surface area contributed by atoms with Crippen LogP contribution in [0.1, 0.15) is 11.4 Å². The Kier molecular flexibility index (Phi) is 1.99. The van der Waals surface area contributed by atoms with Crippen LogP contribution >= 0.6 is 0 Å². The minimum Gasteiger partial charge on any atom is -0.232 e. The molecular formula is C6H4F4N2. The molecule has 0 N–H and O–H groups in total. The molecule has 6 heteroatoms. The first kappa shape index (κ1) is 8.89. The fourth-order valence-corrected chi connectivity index (χ4v) is 0.558. The van der Waals surface area contributed by atoms with E-state index in [4.69, 9.17) is 0 Å². The van der Waals surface area contributed by atoms with Gasteiger partial charge < -0.3 is 0 Å². The lowest BCUT2D eigenvalue weighted by Gasteiger charge is -2.03. The van der Waals surface area contributed by atoms with Crippen LogP contribution in [-0.2, 0) is 6.18 Å². The Morgan fingerprint density at radius 2 is 1.92 bits per heavy atom. The molecule has 0 radical (unpaired) electrons. The van der Waals surface area contributed by atoms with Gasteiger partial charge in [0.2, 0.25) is 11.8 Å². The summed E-state index contributed by atoms with van der Waals surface area (Å²) in [5.74, 6) is -2.59. The molecule has 1 heterocycles. The molecule has 1 aromatic rings. The van der Waals surface area contributed by atoms with E-state index in [1.165, 1.54) is 6.92 Å². The summed E-state index contributed by atoms with van der Waals surface area (Å²) in [7, 11) is 0. The molecule has 12 heavy (non-hydrogen) atoms. The van der Waals surface area contributed by atoms with Gasteiger partial charge >= 0.3 is 6.18 Å². The van der Waals surface area contributed by atoms with Crippen LogP contribution in [0.3, 0.4) is 0 Å². The van der Waals surface area contributed by atoms with Crippen molar-refractivity contribution in [1.29, 1.82) is 0 Å². The second kappa shape index (κ2) is 2.69. The first-order valence-corrected chi connectivity index (χ1v) is 2.97. The Hall–Kier alpha value is -1.20. The van der Waals surface area contributed by atoms with Crippen LogP contribution in [0.25, 0.3) is 0 Å². The number of halogens is 4. The first-order valence-electron chi connectivity index (χ1n) is 2.97. The van der Waals surface area contributed by atoms with Gasteiger partial charge in [-0.15, -0.1) is 0 Å². The second-order valence-electron chi connectivity index (χ2n) is 2.17. The molecule has 0 unspecified atom stereocenters. The Morgan fingerprint density at radius 3 is 2.33 bits per heavy atom. The highest BCUT2D eigenvalue weighted by Crippen LogP contribution is 2.25. The third kappa shape index (κ3) is 1.69. The van der Waals surface area contributed by atoms with E-state index >= 15 is 0 Å². The molecule has 0 atom stereocenters. The van der Waals surface area contributed by atoms with Gasteiger partial charge in [0.05, 0.1) is 0 Å². The molecular weight excluding hydrogens is 176 g/mol. The lowest BCUT2D eigenvalue weighted by molar-refractivity contribution is -0.145. The molecule has 0 bridgehead atoms. The van der Waals surface area contributed by atoms with Crippen molar-refractivity contribution in [2.75, 3.05) is 0 Å². The highest BCUT2D eigenvalue weighted by molar-refractivity contribution is 5.05. The van der Waals surface area contributed by atoms with E-state index in [9.17, 15) is 17.6 Å². The normalized spacial score (nSPS) is 11.8. The molecule has 0 aliphatic carbocycles. The molecule has 2 nitrogen and oxygen atoms in total. The maximum atomic E-state index is 12.5. The summed E-state index contributed by atoms with van der Waals surface area (Å²) < 4.78 is 47.9. The molecule has 0 aliphatic rings. The van der Waals surface area contributed by atoms with Crippen molar-refractivity contribution in [3.05, 3.63) is 23.5 Å². The van der Waals surface area contributed by atoms with E-state index in [1.807, 2.05) is 0 Å². The molecule has 0 fully saturated rings. The molecule has 0 saturated carbocycles. The summed E-state index contributed by atoms with van der Waals surface area (Å²) in [4.78, 5) is 5.58. The van der Waals surface area contributed by atoms with Gasteiger partial charge in [-0.05, 0) is 6.92 Å². The lowest BCUT2D eigenvalue weighted by Crippen LogP contribution is -2.12. The summed E-state index contributed by atoms with van der Waals surface area (Å²) in [5.41, 5.74) is -0.0111. The zero-order valence-corrected chi connectivity index (χ0v) is 5.98. The van der Waals surface area contributed by atoms with E-state index in [-0.39, 0.29) is 5.56 Å². The van der Waals surface area contributed by atoms with Crippen molar-refractivity contribution < 1.29 is 17.6 Å². The smallest absolute Gasteiger partial charge is 0.232 e. The molecule has 1 rings (SSSR count). The van der Waals surface area contributed by atoms with Crippen molar-refractivity contribution >= 4 is 0 Å². The maximum Gasteiger partial charge on any atom is 0.451 e. The monoisotopic (exact) mass is 180 g/mol. The van der Waals surface area contributed by atoms with Gasteiger partial charge in [0, 0.05) is 11.8 Å². The number of aryl methyl sites for hydroxylation is 1. The largest absolute Gasteiger partial charge is 0.451 e. The van der Waals surface area contributed by atoms with Crippen LogP contribution in [0.2, 0.25) is 0 Å². The van der Waals surface area contributed by atoms with E-state index in [1.54, 1.807) is 0 Å². The van der Waals surface area contributed by atoms with Crippen LogP contribution in [0, 0.1) is 12.9 Å². The third-order valence-electron chi connectivity index (χ3n) is 1.16. The topological polar surface area (TPSA) is 25.8 Å². The molecule has 0 saturated heterocycles. The number of nitrogens with zero attached hydrogens (tertiary/aromatic N) is 2. The van der Waals surface area contributed by atoms with Gasteiger partial charge in [-0.1, -0.05) is 0 Å². The molecule has 0 spiro atoms. The fraction of sp³-hybridized carbons (Fsp3) is 0.333. The van der Waals surface area contributed by atoms with Gasteiger partial charge in [-0.3, -0.25) is 0 Å². The Morgan fingerprint density at radius 1 is 1.33 bits per heavy atom. The summed E-state index contributed by atoms with van der Waals surface area (Å²) in [6.45, 7) is 1.29. The molecule has 0 aromatic carbocycles. The van der Waals surface area contributed by atoms with Crippen LogP contribution in [-0.4, -0.2) is 9.97 Å². The fourth-order valence-electron chi connectivity index (χ4n) is 0.558. The molecule has 66 valence electrons.